The fourth-order valence-electron chi connectivity index (χ4n) is 5.16. The van der Waals surface area contributed by atoms with Gasteiger partial charge in [0.25, 0.3) is 0 Å². The van der Waals surface area contributed by atoms with Gasteiger partial charge in [-0.15, -0.1) is 11.6 Å². The molecule has 1 aromatic carbocycles. The number of rotatable bonds is 9. The molecule has 4 nitrogen and oxygen atoms in total. The van der Waals surface area contributed by atoms with E-state index in [2.05, 4.69) is 19.1 Å². The van der Waals surface area contributed by atoms with Crippen molar-refractivity contribution in [3.8, 4) is 0 Å². The van der Waals surface area contributed by atoms with Gasteiger partial charge in [0.2, 0.25) is 0 Å². The van der Waals surface area contributed by atoms with Crippen LogP contribution in [0.4, 0.5) is 0 Å². The van der Waals surface area contributed by atoms with Crippen molar-refractivity contribution in [2.24, 2.45) is 17.3 Å². The van der Waals surface area contributed by atoms with Gasteiger partial charge in [-0.1, -0.05) is 37.6 Å². The molecule has 0 heterocycles. The average Bonchev–Trinajstić information content (AvgIpc) is 2.98. The monoisotopic (exact) mass is 434 g/mol. The van der Waals surface area contributed by atoms with Crippen molar-refractivity contribution in [3.63, 3.8) is 0 Å². The Morgan fingerprint density at radius 2 is 2.03 bits per heavy atom. The van der Waals surface area contributed by atoms with E-state index >= 15 is 0 Å². The Morgan fingerprint density at radius 1 is 1.33 bits per heavy atom. The van der Waals surface area contributed by atoms with Crippen molar-refractivity contribution >= 4 is 17.6 Å². The molecule has 2 aliphatic carbocycles. The molecule has 2 aliphatic rings. The Kier molecular flexibility index (Phi) is 8.00. The normalized spacial score (nSPS) is 29.0. The van der Waals surface area contributed by atoms with Crippen molar-refractivity contribution in [2.75, 3.05) is 7.11 Å². The summed E-state index contributed by atoms with van der Waals surface area (Å²) in [7, 11) is 1.38. The number of ether oxygens (including phenoxy) is 1. The third-order valence-corrected chi connectivity index (χ3v) is 7.99. The zero-order valence-corrected chi connectivity index (χ0v) is 18.9. The molecule has 0 bridgehead atoms. The van der Waals surface area contributed by atoms with Crippen molar-refractivity contribution in [3.05, 3.63) is 47.5 Å². The van der Waals surface area contributed by atoms with E-state index in [0.29, 0.717) is 18.4 Å². The number of halogens is 1. The molecule has 0 saturated heterocycles. The van der Waals surface area contributed by atoms with Crippen molar-refractivity contribution in [2.45, 2.75) is 75.9 Å². The lowest BCUT2D eigenvalue weighted by Gasteiger charge is -2.45. The van der Waals surface area contributed by atoms with Gasteiger partial charge in [0.1, 0.15) is 0 Å². The lowest BCUT2D eigenvalue weighted by molar-refractivity contribution is -0.0355. The van der Waals surface area contributed by atoms with Crippen LogP contribution in [0.5, 0.6) is 0 Å². The number of carbonyl (C=O) groups is 1. The van der Waals surface area contributed by atoms with Crippen molar-refractivity contribution in [1.82, 2.24) is 0 Å². The molecular formula is C25H35ClO4. The zero-order chi connectivity index (χ0) is 21.7. The number of esters is 1. The maximum atomic E-state index is 11.6. The van der Waals surface area contributed by atoms with E-state index < -0.39 is 6.10 Å². The van der Waals surface area contributed by atoms with Gasteiger partial charge in [-0.2, -0.15) is 0 Å². The van der Waals surface area contributed by atoms with Gasteiger partial charge in [-0.25, -0.2) is 4.79 Å². The van der Waals surface area contributed by atoms with Crippen molar-refractivity contribution in [1.29, 1.82) is 0 Å². The third kappa shape index (κ3) is 5.09. The maximum Gasteiger partial charge on any atom is 0.337 e. The van der Waals surface area contributed by atoms with Gasteiger partial charge in [-0.05, 0) is 74.0 Å². The largest absolute Gasteiger partial charge is 0.465 e. The van der Waals surface area contributed by atoms with Crippen LogP contribution in [-0.2, 0) is 11.2 Å². The highest BCUT2D eigenvalue weighted by Gasteiger charge is 2.42. The van der Waals surface area contributed by atoms with Crippen LogP contribution in [0.2, 0.25) is 0 Å². The van der Waals surface area contributed by atoms with Crippen LogP contribution in [-0.4, -0.2) is 40.9 Å². The first kappa shape index (κ1) is 23.3. The molecule has 5 heteroatoms. The van der Waals surface area contributed by atoms with E-state index in [0.717, 1.165) is 37.7 Å². The minimum atomic E-state index is -0.434. The number of alkyl halides is 1. The number of aryl methyl sites for hydroxylation is 1. The molecule has 30 heavy (non-hydrogen) atoms. The molecule has 1 aromatic rings. The summed E-state index contributed by atoms with van der Waals surface area (Å²) < 4.78 is 4.74. The van der Waals surface area contributed by atoms with E-state index in [1.54, 1.807) is 12.1 Å². The van der Waals surface area contributed by atoms with Gasteiger partial charge in [-0.3, -0.25) is 0 Å². The van der Waals surface area contributed by atoms with E-state index in [1.165, 1.54) is 13.5 Å². The number of aliphatic hydroxyl groups excluding tert-OH is 2. The van der Waals surface area contributed by atoms with Crippen LogP contribution in [0.3, 0.4) is 0 Å². The molecule has 2 fully saturated rings. The summed E-state index contributed by atoms with van der Waals surface area (Å²) in [4.78, 5) is 11.6. The van der Waals surface area contributed by atoms with Crippen LogP contribution < -0.4 is 0 Å². The zero-order valence-electron chi connectivity index (χ0n) is 18.1. The summed E-state index contributed by atoms with van der Waals surface area (Å²) in [5.74, 6) is -0.118. The predicted octanol–water partition coefficient (Wildman–Crippen LogP) is 4.90. The smallest absolute Gasteiger partial charge is 0.337 e. The highest BCUT2D eigenvalue weighted by Crippen LogP contribution is 2.48. The van der Waals surface area contributed by atoms with Gasteiger partial charge in [0, 0.05) is 11.3 Å². The summed E-state index contributed by atoms with van der Waals surface area (Å²) in [5.41, 5.74) is 1.79. The molecule has 5 atom stereocenters. The molecule has 2 N–H and O–H groups in total. The second-order valence-corrected chi connectivity index (χ2v) is 9.60. The Hall–Kier alpha value is -1.36. The molecule has 3 rings (SSSR count). The van der Waals surface area contributed by atoms with Crippen LogP contribution in [0, 0.1) is 17.3 Å². The molecule has 0 aromatic heterocycles. The van der Waals surface area contributed by atoms with E-state index in [9.17, 15) is 15.0 Å². The highest BCUT2D eigenvalue weighted by molar-refractivity contribution is 6.21. The first-order chi connectivity index (χ1) is 14.4. The quantitative estimate of drug-likeness (QED) is 0.329. The molecule has 3 unspecified atom stereocenters. The SMILES string of the molecule is CCC1(C(O)C/C=C/[C@H]2C(O)CC(Cl)[C@@H]2CCc2ccc(C(=O)OC)cc2)CCC1. The summed E-state index contributed by atoms with van der Waals surface area (Å²) >= 11 is 6.58. The van der Waals surface area contributed by atoms with Crippen LogP contribution in [0.25, 0.3) is 0 Å². The number of aliphatic hydroxyl groups is 2. The first-order valence-corrected chi connectivity index (χ1v) is 11.7. The van der Waals surface area contributed by atoms with E-state index in [4.69, 9.17) is 16.3 Å². The van der Waals surface area contributed by atoms with Gasteiger partial charge in [0.05, 0.1) is 24.9 Å². The second kappa shape index (κ2) is 10.3. The number of methoxy groups -OCH3 is 1. The highest BCUT2D eigenvalue weighted by atomic mass is 35.5. The van der Waals surface area contributed by atoms with Crippen LogP contribution in [0.1, 0.15) is 67.8 Å². The fourth-order valence-corrected chi connectivity index (χ4v) is 5.64. The van der Waals surface area contributed by atoms with Crippen molar-refractivity contribution < 1.29 is 19.7 Å². The summed E-state index contributed by atoms with van der Waals surface area (Å²) in [6, 6.07) is 7.47. The standard InChI is InChI=1S/C25H35ClO4/c1-3-25(14-5-15-25)23(28)7-4-6-20-19(21(26)16-22(20)27)13-10-17-8-11-18(12-9-17)24(29)30-2/h4,6,8-9,11-12,19-23,27-28H,3,5,7,10,13-16H2,1-2H3/b6-4+/t19-,20-,21?,22?,23?/m1/s1. The lowest BCUT2D eigenvalue weighted by Crippen LogP contribution is -2.40. The number of carbonyl (C=O) groups excluding carboxylic acids is 1. The topological polar surface area (TPSA) is 66.8 Å². The summed E-state index contributed by atoms with van der Waals surface area (Å²) in [6.07, 6.45) is 10.8. The molecule has 0 spiro atoms. The molecule has 166 valence electrons. The Bertz CT molecular complexity index is 720. The van der Waals surface area contributed by atoms with Gasteiger partial charge >= 0.3 is 5.97 Å². The lowest BCUT2D eigenvalue weighted by atomic mass is 9.63. The third-order valence-electron chi connectivity index (χ3n) is 7.49. The van der Waals surface area contributed by atoms with Crippen LogP contribution in [0.15, 0.2) is 36.4 Å². The number of hydrogen-bond donors (Lipinski definition) is 2. The Morgan fingerprint density at radius 3 is 2.60 bits per heavy atom. The molecule has 2 saturated carbocycles. The average molecular weight is 435 g/mol. The first-order valence-electron chi connectivity index (χ1n) is 11.2. The predicted molar refractivity (Wildman–Crippen MR) is 120 cm³/mol. The maximum absolute atomic E-state index is 11.6. The second-order valence-electron chi connectivity index (χ2n) is 9.04. The van der Waals surface area contributed by atoms with E-state index in [-0.39, 0.29) is 34.7 Å². The Labute approximate surface area is 185 Å². The van der Waals surface area contributed by atoms with Gasteiger partial charge in [0.15, 0.2) is 0 Å². The summed E-state index contributed by atoms with van der Waals surface area (Å²) in [6.45, 7) is 2.17. The molecule has 0 amide bonds. The van der Waals surface area contributed by atoms with Gasteiger partial charge < -0.3 is 14.9 Å². The number of hydrogen-bond acceptors (Lipinski definition) is 4. The minimum absolute atomic E-state index is 0.0213. The minimum Gasteiger partial charge on any atom is -0.465 e. The Balaban J connectivity index is 1.57. The van der Waals surface area contributed by atoms with E-state index in [1.807, 2.05) is 12.1 Å². The molecule has 0 aliphatic heterocycles. The molecular weight excluding hydrogens is 400 g/mol. The summed E-state index contributed by atoms with van der Waals surface area (Å²) in [5, 5.41) is 21.1. The van der Waals surface area contributed by atoms with Crippen LogP contribution >= 0.6 is 11.6 Å². The number of benzene rings is 1. The fraction of sp³-hybridized carbons (Fsp3) is 0.640. The molecule has 0 radical (unpaired) electrons.